The average Bonchev–Trinajstić information content (AvgIpc) is 3.42. The zero-order valence-electron chi connectivity index (χ0n) is 18.1. The minimum Gasteiger partial charge on any atom is -0.497 e. The summed E-state index contributed by atoms with van der Waals surface area (Å²) in [6.45, 7) is 1.77. The predicted octanol–water partition coefficient (Wildman–Crippen LogP) is 2.93. The molecule has 32 heavy (non-hydrogen) atoms. The van der Waals surface area contributed by atoms with Gasteiger partial charge in [0.25, 0.3) is 5.91 Å². The number of aryl methyl sites for hydroxylation is 1. The van der Waals surface area contributed by atoms with E-state index in [0.717, 1.165) is 28.9 Å². The van der Waals surface area contributed by atoms with E-state index in [2.05, 4.69) is 22.3 Å². The molecule has 0 spiro atoms. The molecule has 1 amide bonds. The summed E-state index contributed by atoms with van der Waals surface area (Å²) in [7, 11) is 3.55. The quantitative estimate of drug-likeness (QED) is 0.488. The lowest BCUT2D eigenvalue weighted by Gasteiger charge is -2.28. The van der Waals surface area contributed by atoms with E-state index in [1.165, 1.54) is 0 Å². The summed E-state index contributed by atoms with van der Waals surface area (Å²) in [6, 6.07) is 17.5. The van der Waals surface area contributed by atoms with E-state index in [9.17, 15) is 4.79 Å². The standard InChI is InChI=1S/C24H24N6O2/c1-28-21-11-12-29(24(31)18-9-6-10-19(13-18)32-2)15-20(21)22(27-28)23-26-25-16-30(23)14-17-7-4-3-5-8-17/h3-10,13,16H,11-12,14-15H2,1-2H3. The van der Waals surface area contributed by atoms with Crippen LogP contribution in [0, 0.1) is 0 Å². The minimum atomic E-state index is -0.0184. The monoisotopic (exact) mass is 428 g/mol. The van der Waals surface area contributed by atoms with Crippen LogP contribution in [0.4, 0.5) is 0 Å². The molecule has 0 aliphatic carbocycles. The fraction of sp³-hybridized carbons (Fsp3) is 0.250. The highest BCUT2D eigenvalue weighted by atomic mass is 16.5. The van der Waals surface area contributed by atoms with Crippen molar-refractivity contribution in [1.29, 1.82) is 0 Å². The third kappa shape index (κ3) is 3.64. The molecule has 0 bridgehead atoms. The summed E-state index contributed by atoms with van der Waals surface area (Å²) in [4.78, 5) is 15.1. The van der Waals surface area contributed by atoms with Crippen LogP contribution in [0.1, 0.15) is 27.2 Å². The first kappa shape index (κ1) is 20.0. The van der Waals surface area contributed by atoms with Gasteiger partial charge in [-0.05, 0) is 23.8 Å². The van der Waals surface area contributed by atoms with Crippen molar-refractivity contribution in [3.63, 3.8) is 0 Å². The van der Waals surface area contributed by atoms with Gasteiger partial charge in [-0.15, -0.1) is 10.2 Å². The van der Waals surface area contributed by atoms with Crippen molar-refractivity contribution in [2.24, 2.45) is 7.05 Å². The van der Waals surface area contributed by atoms with E-state index >= 15 is 0 Å². The highest BCUT2D eigenvalue weighted by Crippen LogP contribution is 2.30. The number of carbonyl (C=O) groups is 1. The van der Waals surface area contributed by atoms with Gasteiger partial charge in [0.15, 0.2) is 5.82 Å². The number of amides is 1. The van der Waals surface area contributed by atoms with Crippen molar-refractivity contribution in [3.05, 3.63) is 83.3 Å². The Morgan fingerprint density at radius 1 is 1.12 bits per heavy atom. The van der Waals surface area contributed by atoms with Crippen molar-refractivity contribution in [2.45, 2.75) is 19.5 Å². The first-order chi connectivity index (χ1) is 15.6. The highest BCUT2D eigenvalue weighted by molar-refractivity contribution is 5.94. The molecule has 8 heteroatoms. The molecule has 3 heterocycles. The van der Waals surface area contributed by atoms with E-state index in [1.807, 2.05) is 57.6 Å². The van der Waals surface area contributed by atoms with Crippen LogP contribution in [0.25, 0.3) is 11.5 Å². The fourth-order valence-corrected chi connectivity index (χ4v) is 4.22. The van der Waals surface area contributed by atoms with Crippen molar-refractivity contribution >= 4 is 5.91 Å². The molecule has 0 N–H and O–H groups in total. The molecule has 4 aromatic rings. The molecular formula is C24H24N6O2. The minimum absolute atomic E-state index is 0.0184. The second-order valence-electron chi connectivity index (χ2n) is 7.87. The lowest BCUT2D eigenvalue weighted by atomic mass is 10.0. The molecule has 2 aromatic carbocycles. The van der Waals surface area contributed by atoms with E-state index in [-0.39, 0.29) is 5.91 Å². The summed E-state index contributed by atoms with van der Waals surface area (Å²) >= 11 is 0. The summed E-state index contributed by atoms with van der Waals surface area (Å²) in [5.74, 6) is 1.36. The normalized spacial score (nSPS) is 13.1. The Hall–Kier alpha value is -3.94. The molecule has 5 rings (SSSR count). The number of ether oxygens (including phenoxy) is 1. The van der Waals surface area contributed by atoms with Gasteiger partial charge < -0.3 is 14.2 Å². The van der Waals surface area contributed by atoms with Gasteiger partial charge in [-0.2, -0.15) is 5.10 Å². The van der Waals surface area contributed by atoms with Gasteiger partial charge in [0.05, 0.1) is 20.2 Å². The number of benzene rings is 2. The van der Waals surface area contributed by atoms with Crippen LogP contribution < -0.4 is 4.74 Å². The molecule has 0 radical (unpaired) electrons. The smallest absolute Gasteiger partial charge is 0.254 e. The maximum Gasteiger partial charge on any atom is 0.254 e. The second-order valence-corrected chi connectivity index (χ2v) is 7.87. The molecule has 0 unspecified atom stereocenters. The fourth-order valence-electron chi connectivity index (χ4n) is 4.22. The number of methoxy groups -OCH3 is 1. The van der Waals surface area contributed by atoms with Gasteiger partial charge in [0.1, 0.15) is 17.8 Å². The van der Waals surface area contributed by atoms with Gasteiger partial charge >= 0.3 is 0 Å². The average molecular weight is 428 g/mol. The summed E-state index contributed by atoms with van der Waals surface area (Å²) in [5.41, 5.74) is 4.71. The highest BCUT2D eigenvalue weighted by Gasteiger charge is 2.29. The van der Waals surface area contributed by atoms with Crippen LogP contribution in [0.5, 0.6) is 5.75 Å². The number of nitrogens with zero attached hydrogens (tertiary/aromatic N) is 6. The molecule has 0 saturated carbocycles. The van der Waals surface area contributed by atoms with Crippen LogP contribution in [0.2, 0.25) is 0 Å². The SMILES string of the molecule is COc1cccc(C(=O)N2CCc3c(c(-c4nncn4Cc4ccccc4)nn3C)C2)c1. The zero-order valence-corrected chi connectivity index (χ0v) is 18.1. The van der Waals surface area contributed by atoms with Gasteiger partial charge in [0.2, 0.25) is 0 Å². The Labute approximate surface area is 186 Å². The van der Waals surface area contributed by atoms with E-state index in [4.69, 9.17) is 9.84 Å². The molecule has 1 aliphatic rings. The van der Waals surface area contributed by atoms with Crippen LogP contribution >= 0.6 is 0 Å². The van der Waals surface area contributed by atoms with Crippen molar-refractivity contribution in [2.75, 3.05) is 13.7 Å². The summed E-state index contributed by atoms with van der Waals surface area (Å²) < 4.78 is 9.18. The van der Waals surface area contributed by atoms with Crippen LogP contribution in [0.15, 0.2) is 60.9 Å². The molecule has 0 fully saturated rings. The number of carbonyl (C=O) groups excluding carboxylic acids is 1. The summed E-state index contributed by atoms with van der Waals surface area (Å²) in [5, 5.41) is 13.3. The molecule has 162 valence electrons. The lowest BCUT2D eigenvalue weighted by molar-refractivity contribution is 0.0733. The lowest BCUT2D eigenvalue weighted by Crippen LogP contribution is -2.36. The summed E-state index contributed by atoms with van der Waals surface area (Å²) in [6.07, 6.45) is 2.47. The van der Waals surface area contributed by atoms with Gasteiger partial charge in [-0.25, -0.2) is 0 Å². The third-order valence-corrected chi connectivity index (χ3v) is 5.87. The molecule has 2 aromatic heterocycles. The van der Waals surface area contributed by atoms with E-state index in [0.29, 0.717) is 36.8 Å². The first-order valence-electron chi connectivity index (χ1n) is 10.5. The second kappa shape index (κ2) is 8.30. The topological polar surface area (TPSA) is 78.1 Å². The van der Waals surface area contributed by atoms with Crippen LogP contribution in [-0.4, -0.2) is 49.0 Å². The zero-order chi connectivity index (χ0) is 22.1. The number of fused-ring (bicyclic) bond motifs is 1. The largest absolute Gasteiger partial charge is 0.497 e. The Bertz CT molecular complexity index is 1260. The molecule has 8 nitrogen and oxygen atoms in total. The number of aromatic nitrogens is 5. The van der Waals surface area contributed by atoms with E-state index in [1.54, 1.807) is 19.5 Å². The Morgan fingerprint density at radius 3 is 2.78 bits per heavy atom. The Balaban J connectivity index is 1.46. The molecular weight excluding hydrogens is 404 g/mol. The van der Waals surface area contributed by atoms with Crippen molar-refractivity contribution < 1.29 is 9.53 Å². The molecule has 1 aliphatic heterocycles. The maximum atomic E-state index is 13.2. The van der Waals surface area contributed by atoms with Crippen LogP contribution in [-0.2, 0) is 26.6 Å². The molecule has 0 atom stereocenters. The van der Waals surface area contributed by atoms with Crippen LogP contribution in [0.3, 0.4) is 0 Å². The number of hydrogen-bond donors (Lipinski definition) is 0. The van der Waals surface area contributed by atoms with Crippen molar-refractivity contribution in [3.8, 4) is 17.3 Å². The Kier molecular flexibility index (Phi) is 5.18. The predicted molar refractivity (Wildman–Crippen MR) is 119 cm³/mol. The Morgan fingerprint density at radius 2 is 1.97 bits per heavy atom. The third-order valence-electron chi connectivity index (χ3n) is 5.87. The van der Waals surface area contributed by atoms with E-state index < -0.39 is 0 Å². The molecule has 0 saturated heterocycles. The number of hydrogen-bond acceptors (Lipinski definition) is 5. The maximum absolute atomic E-state index is 13.2. The van der Waals surface area contributed by atoms with Crippen molar-refractivity contribution in [1.82, 2.24) is 29.4 Å². The first-order valence-corrected chi connectivity index (χ1v) is 10.5. The van der Waals surface area contributed by atoms with Gasteiger partial charge in [0, 0.05) is 36.8 Å². The number of rotatable bonds is 5. The van der Waals surface area contributed by atoms with Gasteiger partial charge in [-0.1, -0.05) is 36.4 Å². The van der Waals surface area contributed by atoms with Gasteiger partial charge in [-0.3, -0.25) is 9.48 Å².